The molecule has 1 aliphatic carbocycles. The Labute approximate surface area is 150 Å². The highest BCUT2D eigenvalue weighted by Gasteiger charge is 2.31. The molecule has 3 heteroatoms. The van der Waals surface area contributed by atoms with Crippen LogP contribution in [0.3, 0.4) is 0 Å². The van der Waals surface area contributed by atoms with E-state index in [0.29, 0.717) is 11.1 Å². The smallest absolute Gasteiger partial charge is 0.336 e. The minimum absolute atomic E-state index is 0.0867. The summed E-state index contributed by atoms with van der Waals surface area (Å²) in [6.07, 6.45) is 13.0. The third kappa shape index (κ3) is 4.41. The Hall–Kier alpha value is -2.29. The lowest BCUT2D eigenvalue weighted by atomic mass is 9.70. The van der Waals surface area contributed by atoms with Crippen LogP contribution in [0, 0.1) is 0 Å². The summed E-state index contributed by atoms with van der Waals surface area (Å²) in [6, 6.07) is 5.20. The van der Waals surface area contributed by atoms with Crippen molar-refractivity contribution >= 4 is 11.5 Å². The van der Waals surface area contributed by atoms with Gasteiger partial charge in [0.05, 0.1) is 5.57 Å². The highest BCUT2D eigenvalue weighted by atomic mass is 16.4. The van der Waals surface area contributed by atoms with Gasteiger partial charge in [-0.25, -0.2) is 4.79 Å². The molecule has 0 aliphatic heterocycles. The Kier molecular flexibility index (Phi) is 6.24. The maximum absolute atomic E-state index is 11.9. The van der Waals surface area contributed by atoms with E-state index in [1.165, 1.54) is 6.42 Å². The number of rotatable bonds is 5. The normalized spacial score (nSPS) is 18.5. The van der Waals surface area contributed by atoms with E-state index in [1.54, 1.807) is 25.1 Å². The van der Waals surface area contributed by atoms with Gasteiger partial charge in [-0.3, -0.25) is 0 Å². The number of carbonyl (C=O) groups is 1. The maximum atomic E-state index is 11.9. The van der Waals surface area contributed by atoms with Crippen LogP contribution in [0.4, 0.5) is 0 Å². The average Bonchev–Trinajstić information content (AvgIpc) is 2.57. The van der Waals surface area contributed by atoms with Crippen molar-refractivity contribution in [2.75, 3.05) is 0 Å². The fraction of sp³-hybridized carbons (Fsp3) is 0.409. The third-order valence-electron chi connectivity index (χ3n) is 5.15. The molecule has 1 aliphatic rings. The molecule has 0 unspecified atom stereocenters. The molecule has 0 atom stereocenters. The molecule has 1 fully saturated rings. The highest BCUT2D eigenvalue weighted by molar-refractivity contribution is 6.17. The first kappa shape index (κ1) is 19.0. The second-order valence-electron chi connectivity index (χ2n) is 7.10. The molecule has 134 valence electrons. The summed E-state index contributed by atoms with van der Waals surface area (Å²) in [5.41, 5.74) is 2.40. The molecular formula is C22H28O3. The monoisotopic (exact) mass is 340 g/mol. The number of phenolic OH excluding ortho intramolecular Hbond substituents is 1. The molecule has 3 nitrogen and oxygen atoms in total. The number of hydrogen-bond acceptors (Lipinski definition) is 2. The summed E-state index contributed by atoms with van der Waals surface area (Å²) < 4.78 is 0. The Morgan fingerprint density at radius 3 is 2.44 bits per heavy atom. The molecule has 0 heterocycles. The highest BCUT2D eigenvalue weighted by Crippen LogP contribution is 2.43. The molecule has 2 rings (SSSR count). The van der Waals surface area contributed by atoms with Gasteiger partial charge in [-0.05, 0) is 55.4 Å². The second-order valence-corrected chi connectivity index (χ2v) is 7.10. The van der Waals surface area contributed by atoms with Crippen LogP contribution in [-0.2, 0) is 10.2 Å². The van der Waals surface area contributed by atoms with Gasteiger partial charge in [-0.1, -0.05) is 56.6 Å². The van der Waals surface area contributed by atoms with Crippen LogP contribution in [0.1, 0.15) is 64.0 Å². The van der Waals surface area contributed by atoms with Crippen molar-refractivity contribution in [3.05, 3.63) is 59.2 Å². The number of aromatic hydroxyl groups is 1. The van der Waals surface area contributed by atoms with Crippen LogP contribution >= 0.6 is 0 Å². The second kappa shape index (κ2) is 8.19. The van der Waals surface area contributed by atoms with Gasteiger partial charge >= 0.3 is 5.97 Å². The number of phenols is 1. The number of allylic oxidation sites excluding steroid dienone is 5. The fourth-order valence-corrected chi connectivity index (χ4v) is 3.69. The predicted molar refractivity (Wildman–Crippen MR) is 103 cm³/mol. The van der Waals surface area contributed by atoms with Crippen LogP contribution in [0.2, 0.25) is 0 Å². The number of carboxylic acids is 1. The van der Waals surface area contributed by atoms with Gasteiger partial charge in [0, 0.05) is 5.56 Å². The van der Waals surface area contributed by atoms with Crippen molar-refractivity contribution in [3.8, 4) is 5.75 Å². The number of hydrogen-bond donors (Lipinski definition) is 2. The van der Waals surface area contributed by atoms with Gasteiger partial charge in [-0.15, -0.1) is 0 Å². The van der Waals surface area contributed by atoms with Gasteiger partial charge in [0.1, 0.15) is 5.75 Å². The molecule has 1 saturated carbocycles. The average molecular weight is 340 g/mol. The quantitative estimate of drug-likeness (QED) is 0.541. The minimum Gasteiger partial charge on any atom is -0.508 e. The fourth-order valence-electron chi connectivity index (χ4n) is 3.69. The molecule has 0 aromatic heterocycles. The maximum Gasteiger partial charge on any atom is 0.336 e. The lowest BCUT2D eigenvalue weighted by Gasteiger charge is -2.35. The lowest BCUT2D eigenvalue weighted by molar-refractivity contribution is -0.130. The molecule has 0 radical (unpaired) electrons. The predicted octanol–water partition coefficient (Wildman–Crippen LogP) is 5.60. The number of carboxylic acid groups (broad SMARTS) is 1. The van der Waals surface area contributed by atoms with E-state index in [0.717, 1.165) is 31.2 Å². The summed E-state index contributed by atoms with van der Waals surface area (Å²) in [6.45, 7) is 5.89. The lowest BCUT2D eigenvalue weighted by Crippen LogP contribution is -2.25. The van der Waals surface area contributed by atoms with Gasteiger partial charge in [-0.2, -0.15) is 0 Å². The third-order valence-corrected chi connectivity index (χ3v) is 5.15. The van der Waals surface area contributed by atoms with Gasteiger partial charge in [0.15, 0.2) is 0 Å². The van der Waals surface area contributed by atoms with E-state index in [4.69, 9.17) is 0 Å². The molecular weight excluding hydrogens is 312 g/mol. The van der Waals surface area contributed by atoms with Crippen molar-refractivity contribution in [2.24, 2.45) is 0 Å². The Morgan fingerprint density at radius 2 is 1.84 bits per heavy atom. The Bertz CT molecular complexity index is 717. The zero-order valence-corrected chi connectivity index (χ0v) is 15.4. The molecule has 1 aromatic carbocycles. The summed E-state index contributed by atoms with van der Waals surface area (Å²) >= 11 is 0. The van der Waals surface area contributed by atoms with Crippen molar-refractivity contribution in [1.29, 1.82) is 0 Å². The molecule has 25 heavy (non-hydrogen) atoms. The molecule has 0 spiro atoms. The van der Waals surface area contributed by atoms with E-state index in [2.05, 4.69) is 6.92 Å². The van der Waals surface area contributed by atoms with Gasteiger partial charge < -0.3 is 10.2 Å². The van der Waals surface area contributed by atoms with Crippen LogP contribution in [0.15, 0.2) is 48.1 Å². The molecule has 0 amide bonds. The van der Waals surface area contributed by atoms with Crippen molar-refractivity contribution in [1.82, 2.24) is 0 Å². The van der Waals surface area contributed by atoms with Gasteiger partial charge in [0.2, 0.25) is 0 Å². The first-order valence-electron chi connectivity index (χ1n) is 8.96. The van der Waals surface area contributed by atoms with E-state index < -0.39 is 5.97 Å². The van der Waals surface area contributed by atoms with Crippen molar-refractivity contribution in [3.63, 3.8) is 0 Å². The number of aliphatic carboxylic acids is 1. The molecule has 0 bridgehead atoms. The summed E-state index contributed by atoms with van der Waals surface area (Å²) in [7, 11) is 0. The molecule has 2 N–H and O–H groups in total. The van der Waals surface area contributed by atoms with E-state index in [9.17, 15) is 15.0 Å². The zero-order valence-electron chi connectivity index (χ0n) is 15.4. The summed E-state index contributed by atoms with van der Waals surface area (Å²) in [5, 5.41) is 20.1. The van der Waals surface area contributed by atoms with E-state index in [-0.39, 0.29) is 16.7 Å². The Balaban J connectivity index is 2.52. The zero-order chi connectivity index (χ0) is 18.4. The van der Waals surface area contributed by atoms with Gasteiger partial charge in [0.25, 0.3) is 0 Å². The largest absolute Gasteiger partial charge is 0.508 e. The van der Waals surface area contributed by atoms with Crippen LogP contribution in [0.5, 0.6) is 5.75 Å². The van der Waals surface area contributed by atoms with E-state index in [1.807, 2.05) is 31.2 Å². The van der Waals surface area contributed by atoms with Crippen molar-refractivity contribution < 1.29 is 15.0 Å². The molecule has 1 aromatic rings. The van der Waals surface area contributed by atoms with Crippen molar-refractivity contribution in [2.45, 2.75) is 58.3 Å². The summed E-state index contributed by atoms with van der Waals surface area (Å²) in [5.74, 6) is -0.687. The van der Waals surface area contributed by atoms with Crippen LogP contribution in [-0.4, -0.2) is 16.2 Å². The minimum atomic E-state index is -0.951. The first-order valence-corrected chi connectivity index (χ1v) is 8.96. The standard InChI is InChI=1S/C22H28O3/c1-4-5-7-10-16(2)20(21(24)25)17-11-12-19(23)18(15-17)22(3)13-8-6-9-14-22/h4-5,7,10-12,15,23H,6,8-9,13-14H2,1-3H3,(H,24,25). The Morgan fingerprint density at radius 1 is 1.16 bits per heavy atom. The number of benzene rings is 1. The van der Waals surface area contributed by atoms with E-state index >= 15 is 0 Å². The SMILES string of the molecule is CC=CC=CC(C)=C(C(=O)O)c1ccc(O)c(C2(C)CCCCC2)c1. The molecule has 0 saturated heterocycles. The summed E-state index contributed by atoms with van der Waals surface area (Å²) in [4.78, 5) is 11.9. The van der Waals surface area contributed by atoms with Crippen LogP contribution in [0.25, 0.3) is 5.57 Å². The van der Waals surface area contributed by atoms with Crippen LogP contribution < -0.4 is 0 Å². The first-order chi connectivity index (χ1) is 11.9. The topological polar surface area (TPSA) is 57.5 Å².